The SMILES string of the molecule is COc1ccc(CC(NC(=O)OCC2c3ccccc3-c3ccccc32)C(=O)O)cc1Cn1cc(Cl)c([N+](=O)[O-])n1. The molecular weight excluding hydrogens is 552 g/mol. The van der Waals surface area contributed by atoms with Crippen molar-refractivity contribution in [2.45, 2.75) is 24.9 Å². The fraction of sp³-hybridized carbons (Fsp3) is 0.207. The first-order valence-corrected chi connectivity index (χ1v) is 13.0. The fourth-order valence-corrected chi connectivity index (χ4v) is 5.29. The van der Waals surface area contributed by atoms with Gasteiger partial charge in [0.2, 0.25) is 0 Å². The molecule has 0 fully saturated rings. The van der Waals surface area contributed by atoms with Crippen molar-refractivity contribution in [3.8, 4) is 16.9 Å². The number of halogens is 1. The smallest absolute Gasteiger partial charge is 0.408 e. The van der Waals surface area contributed by atoms with Crippen molar-refractivity contribution in [2.24, 2.45) is 0 Å². The molecule has 0 radical (unpaired) electrons. The Bertz CT molecular complexity index is 1590. The van der Waals surface area contributed by atoms with Gasteiger partial charge in [0.25, 0.3) is 0 Å². The molecule has 0 spiro atoms. The predicted molar refractivity (Wildman–Crippen MR) is 149 cm³/mol. The Labute approximate surface area is 239 Å². The van der Waals surface area contributed by atoms with Crippen molar-refractivity contribution < 1.29 is 29.1 Å². The molecule has 0 bridgehead atoms. The van der Waals surface area contributed by atoms with Crippen molar-refractivity contribution in [3.63, 3.8) is 0 Å². The average Bonchev–Trinajstić information content (AvgIpc) is 3.49. The van der Waals surface area contributed by atoms with E-state index < -0.39 is 28.8 Å². The van der Waals surface area contributed by atoms with Crippen LogP contribution in [0.25, 0.3) is 11.1 Å². The molecule has 1 amide bonds. The summed E-state index contributed by atoms with van der Waals surface area (Å²) >= 11 is 5.91. The van der Waals surface area contributed by atoms with E-state index in [4.69, 9.17) is 21.1 Å². The minimum atomic E-state index is -1.27. The summed E-state index contributed by atoms with van der Waals surface area (Å²) in [7, 11) is 1.47. The monoisotopic (exact) mass is 576 g/mol. The maximum atomic E-state index is 12.7. The second-order valence-corrected chi connectivity index (χ2v) is 9.87. The third kappa shape index (κ3) is 5.85. The lowest BCUT2D eigenvalue weighted by Crippen LogP contribution is -2.42. The molecular formula is C29H25ClN4O7. The molecule has 1 unspecified atom stereocenters. The molecule has 2 N–H and O–H groups in total. The largest absolute Gasteiger partial charge is 0.496 e. The highest BCUT2D eigenvalue weighted by Crippen LogP contribution is 2.44. The Morgan fingerprint density at radius 2 is 1.78 bits per heavy atom. The summed E-state index contributed by atoms with van der Waals surface area (Å²) in [6, 6.07) is 19.6. The van der Waals surface area contributed by atoms with E-state index in [-0.39, 0.29) is 30.5 Å². The molecule has 3 aromatic carbocycles. The first kappa shape index (κ1) is 27.7. The highest BCUT2D eigenvalue weighted by atomic mass is 35.5. The number of amides is 1. The summed E-state index contributed by atoms with van der Waals surface area (Å²) in [5, 5.41) is 27.1. The molecule has 11 nitrogen and oxygen atoms in total. The number of nitrogens with one attached hydrogen (secondary N) is 1. The second-order valence-electron chi connectivity index (χ2n) is 9.47. The van der Waals surface area contributed by atoms with Gasteiger partial charge in [0.05, 0.1) is 25.0 Å². The maximum absolute atomic E-state index is 12.7. The van der Waals surface area contributed by atoms with Gasteiger partial charge in [0, 0.05) is 17.9 Å². The van der Waals surface area contributed by atoms with Gasteiger partial charge in [-0.3, -0.25) is 0 Å². The number of rotatable bonds is 10. The van der Waals surface area contributed by atoms with E-state index in [1.807, 2.05) is 48.5 Å². The van der Waals surface area contributed by atoms with E-state index in [1.165, 1.54) is 18.0 Å². The van der Waals surface area contributed by atoms with Crippen LogP contribution in [0.2, 0.25) is 5.02 Å². The molecule has 1 heterocycles. The number of nitrogens with zero attached hydrogens (tertiary/aromatic N) is 3. The number of alkyl carbamates (subject to hydrolysis) is 1. The van der Waals surface area contributed by atoms with Crippen LogP contribution in [0.1, 0.15) is 28.2 Å². The van der Waals surface area contributed by atoms with Crippen LogP contribution in [0.15, 0.2) is 72.9 Å². The van der Waals surface area contributed by atoms with Crippen LogP contribution < -0.4 is 10.1 Å². The molecule has 0 saturated heterocycles. The zero-order valence-corrected chi connectivity index (χ0v) is 22.6. The van der Waals surface area contributed by atoms with Gasteiger partial charge < -0.3 is 30.0 Å². The number of carboxylic acid groups (broad SMARTS) is 1. The number of carboxylic acids is 1. The van der Waals surface area contributed by atoms with Crippen LogP contribution in [0.5, 0.6) is 5.75 Å². The number of ether oxygens (including phenoxy) is 2. The molecule has 0 aliphatic heterocycles. The van der Waals surface area contributed by atoms with Crippen LogP contribution in [-0.4, -0.2) is 51.6 Å². The Kier molecular flexibility index (Phi) is 7.88. The molecule has 0 saturated carbocycles. The quantitative estimate of drug-likeness (QED) is 0.197. The zero-order valence-electron chi connectivity index (χ0n) is 21.8. The van der Waals surface area contributed by atoms with Gasteiger partial charge >= 0.3 is 17.9 Å². The van der Waals surface area contributed by atoms with Crippen LogP contribution in [0.3, 0.4) is 0 Å². The Hall–Kier alpha value is -4.90. The normalized spacial score (nSPS) is 12.7. The van der Waals surface area contributed by atoms with Gasteiger partial charge in [-0.1, -0.05) is 72.3 Å². The third-order valence-electron chi connectivity index (χ3n) is 6.92. The molecule has 1 atom stereocenters. The zero-order chi connectivity index (χ0) is 29.1. The summed E-state index contributed by atoms with van der Waals surface area (Å²) in [4.78, 5) is 35.2. The number of aromatic nitrogens is 2. The molecule has 41 heavy (non-hydrogen) atoms. The van der Waals surface area contributed by atoms with E-state index in [2.05, 4.69) is 10.4 Å². The Morgan fingerprint density at radius 3 is 2.37 bits per heavy atom. The molecule has 210 valence electrons. The molecule has 1 aliphatic carbocycles. The van der Waals surface area contributed by atoms with E-state index >= 15 is 0 Å². The van der Waals surface area contributed by atoms with E-state index in [0.717, 1.165) is 22.3 Å². The van der Waals surface area contributed by atoms with Crippen LogP contribution in [-0.2, 0) is 22.5 Å². The number of nitro groups is 1. The topological polar surface area (TPSA) is 146 Å². The summed E-state index contributed by atoms with van der Waals surface area (Å²) in [6.45, 7) is 0.138. The number of hydrogen-bond acceptors (Lipinski definition) is 7. The number of hydrogen-bond donors (Lipinski definition) is 2. The van der Waals surface area contributed by atoms with Crippen LogP contribution >= 0.6 is 11.6 Å². The van der Waals surface area contributed by atoms with E-state index in [1.54, 1.807) is 18.2 Å². The standard InChI is InChI=1S/C29H25ClN4O7/c1-40-26-11-10-17(12-18(26)14-33-15-24(30)27(32-33)34(38)39)13-25(28(35)36)31-29(37)41-16-23-21-8-4-2-6-19(21)20-7-3-5-9-22(20)23/h2-12,15,23,25H,13-14,16H2,1H3,(H,31,37)(H,35,36). The van der Waals surface area contributed by atoms with Gasteiger partial charge in [-0.15, -0.1) is 0 Å². The van der Waals surface area contributed by atoms with Gasteiger partial charge in [-0.25, -0.2) is 9.59 Å². The lowest BCUT2D eigenvalue weighted by molar-refractivity contribution is -0.389. The van der Waals surface area contributed by atoms with Gasteiger partial charge in [-0.05, 0) is 38.8 Å². The molecule has 1 aromatic heterocycles. The van der Waals surface area contributed by atoms with Gasteiger partial charge in [0.15, 0.2) is 5.02 Å². The van der Waals surface area contributed by atoms with Crippen molar-refractivity contribution in [1.82, 2.24) is 15.1 Å². The van der Waals surface area contributed by atoms with Crippen LogP contribution in [0.4, 0.5) is 10.6 Å². The number of fused-ring (bicyclic) bond motifs is 3. The maximum Gasteiger partial charge on any atom is 0.408 e. The second kappa shape index (κ2) is 11.7. The number of aliphatic carboxylic acids is 1. The highest BCUT2D eigenvalue weighted by Gasteiger charge is 2.30. The summed E-state index contributed by atoms with van der Waals surface area (Å²) in [6.07, 6.45) is 0.438. The first-order chi connectivity index (χ1) is 19.7. The van der Waals surface area contributed by atoms with Crippen molar-refractivity contribution in [3.05, 3.63) is 110 Å². The fourth-order valence-electron chi connectivity index (χ4n) is 5.07. The summed E-state index contributed by atoms with van der Waals surface area (Å²) in [5.74, 6) is -1.39. The lowest BCUT2D eigenvalue weighted by atomic mass is 9.98. The summed E-state index contributed by atoms with van der Waals surface area (Å²) in [5.41, 5.74) is 5.44. The Morgan fingerprint density at radius 1 is 1.12 bits per heavy atom. The molecule has 4 aromatic rings. The van der Waals surface area contributed by atoms with Crippen molar-refractivity contribution in [1.29, 1.82) is 0 Å². The highest BCUT2D eigenvalue weighted by molar-refractivity contribution is 6.32. The minimum absolute atomic E-state index is 0.0451. The molecule has 5 rings (SSSR count). The minimum Gasteiger partial charge on any atom is -0.496 e. The predicted octanol–water partition coefficient (Wildman–Crippen LogP) is 5.04. The number of carbonyl (C=O) groups excluding carboxylic acids is 1. The lowest BCUT2D eigenvalue weighted by Gasteiger charge is -2.18. The number of methoxy groups -OCH3 is 1. The average molecular weight is 577 g/mol. The molecule has 12 heteroatoms. The van der Waals surface area contributed by atoms with E-state index in [9.17, 15) is 24.8 Å². The first-order valence-electron chi connectivity index (χ1n) is 12.6. The Balaban J connectivity index is 1.27. The molecule has 1 aliphatic rings. The summed E-state index contributed by atoms with van der Waals surface area (Å²) < 4.78 is 12.2. The van der Waals surface area contributed by atoms with E-state index in [0.29, 0.717) is 16.9 Å². The van der Waals surface area contributed by atoms with Crippen LogP contribution in [0, 0.1) is 10.1 Å². The van der Waals surface area contributed by atoms with Gasteiger partial charge in [-0.2, -0.15) is 4.68 Å². The number of carbonyl (C=O) groups is 2. The van der Waals surface area contributed by atoms with Gasteiger partial charge in [0.1, 0.15) is 18.4 Å². The number of benzene rings is 3. The third-order valence-corrected chi connectivity index (χ3v) is 7.19. The van der Waals surface area contributed by atoms with Crippen molar-refractivity contribution >= 4 is 29.5 Å². The van der Waals surface area contributed by atoms with Crippen molar-refractivity contribution in [2.75, 3.05) is 13.7 Å².